The van der Waals surface area contributed by atoms with Gasteiger partial charge in [-0.1, -0.05) is 103 Å². The first-order valence-electron chi connectivity index (χ1n) is 11.4. The van der Waals surface area contributed by atoms with Crippen LogP contribution in [-0.2, 0) is 5.54 Å². The number of rotatable bonds is 7. The summed E-state index contributed by atoms with van der Waals surface area (Å²) in [5, 5.41) is 0.597. The van der Waals surface area contributed by atoms with Crippen LogP contribution >= 0.6 is 11.6 Å². The molecule has 3 nitrogen and oxygen atoms in total. The Morgan fingerprint density at radius 2 is 1.20 bits per heavy atom. The summed E-state index contributed by atoms with van der Waals surface area (Å²) >= 11 is 5.98. The zero-order chi connectivity index (χ0) is 24.1. The third kappa shape index (κ3) is 4.34. The Labute approximate surface area is 210 Å². The van der Waals surface area contributed by atoms with Crippen LogP contribution in [-0.4, -0.2) is 15.3 Å². The minimum absolute atomic E-state index is 0.110. The molecule has 0 amide bonds. The first-order valence-corrected chi connectivity index (χ1v) is 11.8. The highest BCUT2D eigenvalue weighted by Crippen LogP contribution is 2.41. The van der Waals surface area contributed by atoms with Gasteiger partial charge in [-0.3, -0.25) is 4.79 Å². The minimum atomic E-state index is -0.691. The number of halogens is 1. The van der Waals surface area contributed by atoms with Crippen LogP contribution in [0.5, 0.6) is 0 Å². The van der Waals surface area contributed by atoms with Crippen molar-refractivity contribution in [1.29, 1.82) is 0 Å². The predicted octanol–water partition coefficient (Wildman–Crippen LogP) is 7.27. The van der Waals surface area contributed by atoms with Gasteiger partial charge in [0, 0.05) is 23.0 Å². The third-order valence-electron chi connectivity index (χ3n) is 6.12. The molecule has 5 aromatic rings. The van der Waals surface area contributed by atoms with Crippen molar-refractivity contribution in [3.8, 4) is 0 Å². The van der Waals surface area contributed by atoms with Crippen LogP contribution in [0.4, 0.5) is 0 Å². The van der Waals surface area contributed by atoms with Crippen LogP contribution in [0.15, 0.2) is 134 Å². The Balaban J connectivity index is 1.70. The molecule has 1 aromatic heterocycles. The summed E-state index contributed by atoms with van der Waals surface area (Å²) in [5.41, 5.74) is 3.16. The molecular formula is C31H23ClN2O. The highest BCUT2D eigenvalue weighted by Gasteiger charge is 2.39. The second kappa shape index (κ2) is 9.96. The number of ketones is 1. The van der Waals surface area contributed by atoms with Gasteiger partial charge in [0.2, 0.25) is 0 Å². The van der Waals surface area contributed by atoms with Crippen molar-refractivity contribution in [2.24, 2.45) is 0 Å². The summed E-state index contributed by atoms with van der Waals surface area (Å²) in [6, 6.07) is 38.0. The molecule has 0 radical (unpaired) electrons. The van der Waals surface area contributed by atoms with Crippen LogP contribution in [0.2, 0.25) is 5.02 Å². The van der Waals surface area contributed by atoms with E-state index in [1.54, 1.807) is 42.6 Å². The Hall–Kier alpha value is -4.21. The molecule has 4 aromatic carbocycles. The molecule has 0 N–H and O–H groups in total. The molecule has 4 heteroatoms. The number of benzene rings is 4. The normalized spacial score (nSPS) is 11.6. The van der Waals surface area contributed by atoms with Crippen molar-refractivity contribution < 1.29 is 4.79 Å². The molecule has 35 heavy (non-hydrogen) atoms. The smallest absolute Gasteiger partial charge is 0.185 e. The Morgan fingerprint density at radius 1 is 0.714 bits per heavy atom. The summed E-state index contributed by atoms with van der Waals surface area (Å²) in [6.07, 6.45) is 7.09. The van der Waals surface area contributed by atoms with Crippen molar-refractivity contribution in [2.45, 2.75) is 5.54 Å². The molecule has 0 aliphatic heterocycles. The van der Waals surface area contributed by atoms with Crippen molar-refractivity contribution in [3.63, 3.8) is 0 Å². The van der Waals surface area contributed by atoms with E-state index in [1.165, 1.54) is 0 Å². The first kappa shape index (κ1) is 22.6. The monoisotopic (exact) mass is 474 g/mol. The lowest BCUT2D eigenvalue weighted by molar-refractivity contribution is 0.104. The topological polar surface area (TPSA) is 34.9 Å². The predicted molar refractivity (Wildman–Crippen MR) is 142 cm³/mol. The van der Waals surface area contributed by atoms with E-state index in [0.717, 1.165) is 16.7 Å². The standard InChI is InChI=1S/C31H23ClN2O/c32-28-18-16-24(17-19-28)29(35)20-21-30-33-22-23-34(30)31(25-10-4-1-5-11-25,26-12-6-2-7-13-26)27-14-8-3-9-15-27/h1-23H/b21-20-. The Bertz CT molecular complexity index is 1340. The fraction of sp³-hybridized carbons (Fsp3) is 0.0323. The molecular weight excluding hydrogens is 452 g/mol. The second-order valence-electron chi connectivity index (χ2n) is 8.17. The van der Waals surface area contributed by atoms with Gasteiger partial charge in [-0.05, 0) is 53.1 Å². The maximum atomic E-state index is 12.9. The third-order valence-corrected chi connectivity index (χ3v) is 6.37. The Morgan fingerprint density at radius 3 is 1.69 bits per heavy atom. The molecule has 5 rings (SSSR count). The van der Waals surface area contributed by atoms with Crippen LogP contribution in [0.25, 0.3) is 6.08 Å². The van der Waals surface area contributed by atoms with Gasteiger partial charge in [0.05, 0.1) is 0 Å². The van der Waals surface area contributed by atoms with Gasteiger partial charge in [-0.15, -0.1) is 0 Å². The van der Waals surface area contributed by atoms with E-state index in [4.69, 9.17) is 11.6 Å². The van der Waals surface area contributed by atoms with Crippen molar-refractivity contribution in [2.75, 3.05) is 0 Å². The van der Waals surface area contributed by atoms with E-state index < -0.39 is 5.54 Å². The molecule has 0 aliphatic rings. The number of nitrogens with zero attached hydrogens (tertiary/aromatic N) is 2. The SMILES string of the molecule is O=C(/C=C\c1nccn1C(c1ccccc1)(c1ccccc1)c1ccccc1)c1ccc(Cl)cc1. The number of allylic oxidation sites excluding steroid dienone is 1. The molecule has 0 bridgehead atoms. The maximum Gasteiger partial charge on any atom is 0.185 e. The molecule has 0 spiro atoms. The molecule has 0 saturated carbocycles. The first-order chi connectivity index (χ1) is 17.2. The molecule has 170 valence electrons. The van der Waals surface area contributed by atoms with Crippen LogP contribution in [0, 0.1) is 0 Å². The van der Waals surface area contributed by atoms with E-state index in [1.807, 2.05) is 60.8 Å². The maximum absolute atomic E-state index is 12.9. The number of imidazole rings is 1. The second-order valence-corrected chi connectivity index (χ2v) is 8.60. The van der Waals surface area contributed by atoms with Gasteiger partial charge in [-0.25, -0.2) is 4.98 Å². The van der Waals surface area contributed by atoms with E-state index in [9.17, 15) is 4.79 Å². The van der Waals surface area contributed by atoms with Gasteiger partial charge < -0.3 is 4.57 Å². The van der Waals surface area contributed by atoms with Gasteiger partial charge in [0.1, 0.15) is 11.4 Å². The van der Waals surface area contributed by atoms with E-state index in [2.05, 4.69) is 45.9 Å². The van der Waals surface area contributed by atoms with Gasteiger partial charge in [0.15, 0.2) is 5.78 Å². The van der Waals surface area contributed by atoms with Crippen LogP contribution in [0.3, 0.4) is 0 Å². The van der Waals surface area contributed by atoms with Crippen molar-refractivity contribution >= 4 is 23.5 Å². The van der Waals surface area contributed by atoms with E-state index >= 15 is 0 Å². The number of hydrogen-bond acceptors (Lipinski definition) is 2. The number of hydrogen-bond donors (Lipinski definition) is 0. The summed E-state index contributed by atoms with van der Waals surface area (Å²) in [6.45, 7) is 0. The summed E-state index contributed by atoms with van der Waals surface area (Å²) < 4.78 is 2.14. The lowest BCUT2D eigenvalue weighted by Crippen LogP contribution is -2.38. The minimum Gasteiger partial charge on any atom is -0.313 e. The number of carbonyl (C=O) groups is 1. The zero-order valence-corrected chi connectivity index (χ0v) is 19.7. The molecule has 0 atom stereocenters. The summed E-state index contributed by atoms with van der Waals surface area (Å²) in [5.74, 6) is 0.560. The molecule has 0 aliphatic carbocycles. The van der Waals surface area contributed by atoms with E-state index in [-0.39, 0.29) is 5.78 Å². The van der Waals surface area contributed by atoms with Gasteiger partial charge in [-0.2, -0.15) is 0 Å². The Kier molecular flexibility index (Phi) is 6.42. The van der Waals surface area contributed by atoms with Crippen molar-refractivity contribution in [3.05, 3.63) is 167 Å². The molecule has 0 saturated heterocycles. The van der Waals surface area contributed by atoms with Gasteiger partial charge in [0.25, 0.3) is 0 Å². The number of aromatic nitrogens is 2. The summed E-state index contributed by atoms with van der Waals surface area (Å²) in [7, 11) is 0. The lowest BCUT2D eigenvalue weighted by Gasteiger charge is -2.38. The van der Waals surface area contributed by atoms with Crippen molar-refractivity contribution in [1.82, 2.24) is 9.55 Å². The van der Waals surface area contributed by atoms with Gasteiger partial charge >= 0.3 is 0 Å². The molecule has 0 unspecified atom stereocenters. The average Bonchev–Trinajstić information content (AvgIpc) is 3.39. The largest absolute Gasteiger partial charge is 0.313 e. The van der Waals surface area contributed by atoms with Crippen LogP contribution in [0.1, 0.15) is 32.9 Å². The van der Waals surface area contributed by atoms with E-state index in [0.29, 0.717) is 16.4 Å². The number of carbonyl (C=O) groups excluding carboxylic acids is 1. The zero-order valence-electron chi connectivity index (χ0n) is 19.0. The molecule has 1 heterocycles. The highest BCUT2D eigenvalue weighted by atomic mass is 35.5. The van der Waals surface area contributed by atoms with Crippen LogP contribution < -0.4 is 0 Å². The fourth-order valence-corrected chi connectivity index (χ4v) is 4.66. The molecule has 0 fully saturated rings. The fourth-order valence-electron chi connectivity index (χ4n) is 4.54. The highest BCUT2D eigenvalue weighted by molar-refractivity contribution is 6.30. The average molecular weight is 475 g/mol. The quantitative estimate of drug-likeness (QED) is 0.141. The lowest BCUT2D eigenvalue weighted by atomic mass is 9.76. The summed E-state index contributed by atoms with van der Waals surface area (Å²) in [4.78, 5) is 17.5.